The van der Waals surface area contributed by atoms with Gasteiger partial charge < -0.3 is 20.6 Å². The van der Waals surface area contributed by atoms with Crippen molar-refractivity contribution in [2.75, 3.05) is 0 Å². The molecule has 0 aromatic heterocycles. The molecule has 11 heteroatoms. The molecule has 0 fully saturated rings. The highest BCUT2D eigenvalue weighted by atomic mass is 28.4. The van der Waals surface area contributed by atoms with Crippen molar-refractivity contribution in [1.29, 1.82) is 0 Å². The average molecular weight is 263 g/mol. The highest BCUT2D eigenvalue weighted by molar-refractivity contribution is 6.46. The molecule has 0 N–H and O–H groups in total. The quantitative estimate of drug-likeness (QED) is 0.322. The molecule has 68 valence electrons. The van der Waals surface area contributed by atoms with Crippen LogP contribution in [0.15, 0.2) is 0 Å². The Labute approximate surface area is 81.8 Å². The highest BCUT2D eigenvalue weighted by Gasteiger charge is 1.90. The van der Waals surface area contributed by atoms with Gasteiger partial charge >= 0.3 is 0 Å². The lowest BCUT2D eigenvalue weighted by atomic mass is 15.7. The summed E-state index contributed by atoms with van der Waals surface area (Å²) in [6.45, 7) is 0. The zero-order chi connectivity index (χ0) is 8.36. The van der Waals surface area contributed by atoms with Gasteiger partial charge in [0.05, 0.1) is 0 Å². The molecule has 0 bridgehead atoms. The van der Waals surface area contributed by atoms with E-state index in [0.717, 1.165) is 21.0 Å². The van der Waals surface area contributed by atoms with Crippen LogP contribution in [0, 0.1) is 0 Å². The predicted molar refractivity (Wildman–Crippen MR) is 59.5 cm³/mol. The molecule has 5 nitrogen and oxygen atoms in total. The summed E-state index contributed by atoms with van der Waals surface area (Å²) < 4.78 is 25.4. The van der Waals surface area contributed by atoms with Gasteiger partial charge in [-0.1, -0.05) is 0 Å². The normalized spacial score (nSPS) is 15.3. The van der Waals surface area contributed by atoms with Gasteiger partial charge in [-0.25, -0.2) is 0 Å². The fourth-order valence-electron chi connectivity index (χ4n) is 0.387. The minimum atomic E-state index is -0.754. The van der Waals surface area contributed by atoms with Crippen molar-refractivity contribution >= 4 is 61.0 Å². The maximum Gasteiger partial charge on any atom is 0.286 e. The van der Waals surface area contributed by atoms with Crippen molar-refractivity contribution in [2.45, 2.75) is 0 Å². The summed E-state index contributed by atoms with van der Waals surface area (Å²) in [7, 11) is -1.27. The van der Waals surface area contributed by atoms with E-state index in [4.69, 9.17) is 20.6 Å². The summed E-state index contributed by atoms with van der Waals surface area (Å²) >= 11 is 0. The Kier molecular flexibility index (Phi) is 12.2. The summed E-state index contributed by atoms with van der Waals surface area (Å²) in [4.78, 5) is 0. The van der Waals surface area contributed by atoms with Crippen LogP contribution in [-0.2, 0) is 20.6 Å². The van der Waals surface area contributed by atoms with Crippen LogP contribution in [0.3, 0.4) is 0 Å². The van der Waals surface area contributed by atoms with E-state index in [1.807, 2.05) is 0 Å². The molecule has 0 aromatic rings. The summed E-state index contributed by atoms with van der Waals surface area (Å²) in [5.74, 6) is 0. The van der Waals surface area contributed by atoms with Crippen molar-refractivity contribution in [3.8, 4) is 0 Å². The summed E-state index contributed by atoms with van der Waals surface area (Å²) in [6, 6.07) is 0. The second kappa shape index (κ2) is 11.1. The molecular weight excluding hydrogens is 249 g/mol. The zero-order valence-corrected chi connectivity index (χ0v) is 16.5. The Morgan fingerprint density at radius 1 is 0.636 bits per heavy atom. The third kappa shape index (κ3) is 11.1. The van der Waals surface area contributed by atoms with E-state index in [0.29, 0.717) is 0 Å². The van der Waals surface area contributed by atoms with Crippen LogP contribution in [0.4, 0.5) is 0 Å². The smallest absolute Gasteiger partial charge is 0.286 e. The van der Waals surface area contributed by atoms with Gasteiger partial charge in [-0.2, -0.15) is 0 Å². The summed E-state index contributed by atoms with van der Waals surface area (Å²) in [6.07, 6.45) is 0. The molecule has 0 heterocycles. The molecule has 0 aliphatic carbocycles. The van der Waals surface area contributed by atoms with E-state index in [1.165, 1.54) is 0 Å². The van der Waals surface area contributed by atoms with Crippen molar-refractivity contribution in [3.63, 3.8) is 0 Å². The first kappa shape index (κ1) is 12.1. The minimum Gasteiger partial charge on any atom is -0.449 e. The minimum absolute atomic E-state index is 0.666. The molecule has 0 radical (unpaired) electrons. The fraction of sp³-hybridized carbons (Fsp3) is 0. The van der Waals surface area contributed by atoms with E-state index in [2.05, 4.69) is 0 Å². The lowest BCUT2D eigenvalue weighted by Crippen LogP contribution is -2.16. The van der Waals surface area contributed by atoms with Gasteiger partial charge in [0.15, 0.2) is 0 Å². The largest absolute Gasteiger partial charge is 0.449 e. The van der Waals surface area contributed by atoms with Gasteiger partial charge in [-0.3, -0.25) is 0 Å². The number of rotatable bonds is 8. The van der Waals surface area contributed by atoms with Crippen LogP contribution >= 0.6 is 0 Å². The molecular formula is H14O5Si6. The number of hydrogen-bond acceptors (Lipinski definition) is 5. The van der Waals surface area contributed by atoms with Gasteiger partial charge in [-0.15, -0.1) is 0 Å². The molecule has 0 amide bonds. The molecule has 0 aromatic carbocycles. The summed E-state index contributed by atoms with van der Waals surface area (Å²) in [5, 5.41) is 0. The SMILES string of the molecule is [SiH3]O[SiH2]O[SiH2]O[SiH2]O[SiH2]O[SiH3]. The van der Waals surface area contributed by atoms with Crippen molar-refractivity contribution in [3.05, 3.63) is 0 Å². The van der Waals surface area contributed by atoms with Gasteiger partial charge in [0.2, 0.25) is 0 Å². The van der Waals surface area contributed by atoms with Crippen molar-refractivity contribution in [2.24, 2.45) is 0 Å². The van der Waals surface area contributed by atoms with E-state index in [-0.39, 0.29) is 0 Å². The molecule has 11 heavy (non-hydrogen) atoms. The highest BCUT2D eigenvalue weighted by Crippen LogP contribution is 1.72. The van der Waals surface area contributed by atoms with Gasteiger partial charge in [0.25, 0.3) is 40.0 Å². The van der Waals surface area contributed by atoms with E-state index >= 15 is 0 Å². The lowest BCUT2D eigenvalue weighted by Gasteiger charge is -2.04. The lowest BCUT2D eigenvalue weighted by molar-refractivity contribution is 0.391. The molecule has 0 spiro atoms. The number of hydrogen-bond donors (Lipinski definition) is 0. The molecule has 0 aliphatic heterocycles. The summed E-state index contributed by atoms with van der Waals surface area (Å²) in [5.41, 5.74) is 0. The molecule has 0 unspecified atom stereocenters. The molecule has 0 rings (SSSR count). The predicted octanol–water partition coefficient (Wildman–Crippen LogP) is -6.37. The van der Waals surface area contributed by atoms with Gasteiger partial charge in [0, 0.05) is 0 Å². The van der Waals surface area contributed by atoms with Crippen LogP contribution in [0.2, 0.25) is 0 Å². The van der Waals surface area contributed by atoms with Crippen LogP contribution < -0.4 is 0 Å². The second-order valence-corrected chi connectivity index (χ2v) is 12.1. The van der Waals surface area contributed by atoms with Gasteiger partial charge in [-0.05, 0) is 0 Å². The van der Waals surface area contributed by atoms with E-state index < -0.39 is 40.0 Å². The second-order valence-electron chi connectivity index (χ2n) is 1.66. The van der Waals surface area contributed by atoms with Crippen molar-refractivity contribution in [1.82, 2.24) is 0 Å². The Morgan fingerprint density at radius 2 is 1.00 bits per heavy atom. The van der Waals surface area contributed by atoms with E-state index in [9.17, 15) is 0 Å². The maximum absolute atomic E-state index is 5.21. The first-order chi connectivity index (χ1) is 5.41. The molecule has 0 saturated carbocycles. The standard InChI is InChI=1S/H14O5Si6/c6-1-8-3-10-5-11-4-9-2-7/h8-11H2,6-7H3. The zero-order valence-electron chi connectivity index (χ0n) is 6.87. The maximum atomic E-state index is 5.21. The van der Waals surface area contributed by atoms with Crippen LogP contribution in [0.1, 0.15) is 0 Å². The van der Waals surface area contributed by atoms with Gasteiger partial charge in [0.1, 0.15) is 21.0 Å². The molecule has 0 aliphatic rings. The van der Waals surface area contributed by atoms with Crippen molar-refractivity contribution < 1.29 is 20.6 Å². The average Bonchev–Trinajstić information content (AvgIpc) is 2.03. The van der Waals surface area contributed by atoms with E-state index in [1.54, 1.807) is 0 Å². The third-order valence-electron chi connectivity index (χ3n) is 0.736. The van der Waals surface area contributed by atoms with Crippen LogP contribution in [-0.4, -0.2) is 61.0 Å². The van der Waals surface area contributed by atoms with Crippen LogP contribution in [0.25, 0.3) is 0 Å². The topological polar surface area (TPSA) is 46.2 Å². The van der Waals surface area contributed by atoms with Crippen LogP contribution in [0.5, 0.6) is 0 Å². The Hall–Kier alpha value is 1.10. The third-order valence-corrected chi connectivity index (χ3v) is 6.62. The molecule has 0 atom stereocenters. The fourth-order valence-corrected chi connectivity index (χ4v) is 8.60. The first-order valence-electron chi connectivity index (χ1n) is 3.13. The Morgan fingerprint density at radius 3 is 1.36 bits per heavy atom. The monoisotopic (exact) mass is 262 g/mol. The molecule has 0 saturated heterocycles. The first-order valence-corrected chi connectivity index (χ1v) is 9.38. The Balaban J connectivity index is 2.69. The Bertz CT molecular complexity index is 60.0.